The zero-order valence-corrected chi connectivity index (χ0v) is 10.1. The number of hydrogen-bond acceptors (Lipinski definition) is 3. The number of halogens is 1. The molecule has 0 radical (unpaired) electrons. The Hall–Kier alpha value is -0.870. The fourth-order valence-corrected chi connectivity index (χ4v) is 2.63. The summed E-state index contributed by atoms with van der Waals surface area (Å²) < 4.78 is 0. The molecule has 16 heavy (non-hydrogen) atoms. The molecule has 1 aromatic heterocycles. The molecule has 0 aliphatic carbocycles. The lowest BCUT2D eigenvalue weighted by molar-refractivity contribution is 0.150. The maximum absolute atomic E-state index is 10.1. The molecule has 0 saturated heterocycles. The van der Waals surface area contributed by atoms with Crippen LogP contribution in [0.25, 0.3) is 0 Å². The Labute approximate surface area is 103 Å². The first-order chi connectivity index (χ1) is 7.68. The second-order valence-electron chi connectivity index (χ2n) is 3.55. The van der Waals surface area contributed by atoms with Crippen molar-refractivity contribution in [2.24, 2.45) is 5.73 Å². The summed E-state index contributed by atoms with van der Waals surface area (Å²) in [7, 11) is 0. The topological polar surface area (TPSA) is 46.2 Å². The van der Waals surface area contributed by atoms with E-state index >= 15 is 0 Å². The molecule has 84 valence electrons. The summed E-state index contributed by atoms with van der Waals surface area (Å²) in [5, 5.41) is 12.5. The van der Waals surface area contributed by atoms with Crippen molar-refractivity contribution in [2.75, 3.05) is 0 Å². The quantitative estimate of drug-likeness (QED) is 0.883. The van der Waals surface area contributed by atoms with Crippen LogP contribution < -0.4 is 5.73 Å². The van der Waals surface area contributed by atoms with E-state index in [0.717, 1.165) is 10.4 Å². The Morgan fingerprint density at radius 1 is 1.25 bits per heavy atom. The van der Waals surface area contributed by atoms with Gasteiger partial charge in [0, 0.05) is 10.3 Å². The average molecular weight is 254 g/mol. The zero-order valence-electron chi connectivity index (χ0n) is 8.51. The highest BCUT2D eigenvalue weighted by Crippen LogP contribution is 2.32. The molecule has 2 aromatic rings. The van der Waals surface area contributed by atoms with Crippen molar-refractivity contribution in [3.05, 3.63) is 57.2 Å². The van der Waals surface area contributed by atoms with Crippen LogP contribution in [0.1, 0.15) is 22.6 Å². The SMILES string of the molecule is NC(c1ccccc1)C(O)c1cc(Cl)cs1. The number of hydrogen-bond donors (Lipinski definition) is 2. The normalized spacial score (nSPS) is 14.7. The van der Waals surface area contributed by atoms with Crippen molar-refractivity contribution < 1.29 is 5.11 Å². The second-order valence-corrected chi connectivity index (χ2v) is 4.93. The fourth-order valence-electron chi connectivity index (χ4n) is 1.52. The Kier molecular flexibility index (Phi) is 3.61. The van der Waals surface area contributed by atoms with Gasteiger partial charge in [-0.3, -0.25) is 0 Å². The Bertz CT molecular complexity index is 457. The van der Waals surface area contributed by atoms with Gasteiger partial charge in [0.05, 0.1) is 11.1 Å². The minimum absolute atomic E-state index is 0.420. The molecular weight excluding hydrogens is 242 g/mol. The summed E-state index contributed by atoms with van der Waals surface area (Å²) >= 11 is 7.23. The van der Waals surface area contributed by atoms with Crippen LogP contribution >= 0.6 is 22.9 Å². The van der Waals surface area contributed by atoms with Gasteiger partial charge in [0.2, 0.25) is 0 Å². The summed E-state index contributed by atoms with van der Waals surface area (Å²) in [5.41, 5.74) is 6.91. The Balaban J connectivity index is 2.19. The number of nitrogens with two attached hydrogens (primary N) is 1. The van der Waals surface area contributed by atoms with Gasteiger partial charge in [-0.15, -0.1) is 11.3 Å². The van der Waals surface area contributed by atoms with Crippen LogP contribution in [0, 0.1) is 0 Å². The predicted molar refractivity (Wildman–Crippen MR) is 67.7 cm³/mol. The summed E-state index contributed by atoms with van der Waals surface area (Å²) in [6.45, 7) is 0. The Morgan fingerprint density at radius 3 is 2.50 bits per heavy atom. The lowest BCUT2D eigenvalue weighted by atomic mass is 10.0. The number of thiophene rings is 1. The lowest BCUT2D eigenvalue weighted by Crippen LogP contribution is -2.18. The molecule has 2 rings (SSSR count). The van der Waals surface area contributed by atoms with Crippen molar-refractivity contribution in [1.82, 2.24) is 0 Å². The molecule has 0 aliphatic rings. The maximum Gasteiger partial charge on any atom is 0.107 e. The van der Waals surface area contributed by atoms with Gasteiger partial charge in [-0.2, -0.15) is 0 Å². The molecular formula is C12H12ClNOS. The van der Waals surface area contributed by atoms with Gasteiger partial charge in [-0.05, 0) is 11.6 Å². The summed E-state index contributed by atoms with van der Waals surface area (Å²) in [5.74, 6) is 0. The van der Waals surface area contributed by atoms with E-state index in [4.69, 9.17) is 17.3 Å². The zero-order chi connectivity index (χ0) is 11.5. The van der Waals surface area contributed by atoms with Gasteiger partial charge in [0.25, 0.3) is 0 Å². The van der Waals surface area contributed by atoms with Gasteiger partial charge >= 0.3 is 0 Å². The molecule has 1 heterocycles. The van der Waals surface area contributed by atoms with Crippen molar-refractivity contribution in [1.29, 1.82) is 0 Å². The standard InChI is InChI=1S/C12H12ClNOS/c13-9-6-10(16-7-9)12(15)11(14)8-4-2-1-3-5-8/h1-7,11-12,15H,14H2. The first kappa shape index (κ1) is 11.6. The number of aliphatic hydroxyl groups excluding tert-OH is 1. The van der Waals surface area contributed by atoms with Crippen LogP contribution in [0.2, 0.25) is 5.02 Å². The van der Waals surface area contributed by atoms with Crippen molar-refractivity contribution in [2.45, 2.75) is 12.1 Å². The molecule has 2 unspecified atom stereocenters. The molecule has 0 aliphatic heterocycles. The summed E-state index contributed by atoms with van der Waals surface area (Å²) in [6.07, 6.45) is -0.708. The molecule has 0 amide bonds. The third-order valence-corrected chi connectivity index (χ3v) is 3.75. The number of benzene rings is 1. The van der Waals surface area contributed by atoms with Gasteiger partial charge in [-0.25, -0.2) is 0 Å². The molecule has 0 fully saturated rings. The van der Waals surface area contributed by atoms with Crippen LogP contribution in [0.15, 0.2) is 41.8 Å². The van der Waals surface area contributed by atoms with Gasteiger partial charge < -0.3 is 10.8 Å². The largest absolute Gasteiger partial charge is 0.386 e. The van der Waals surface area contributed by atoms with E-state index in [1.54, 1.807) is 11.4 Å². The minimum Gasteiger partial charge on any atom is -0.386 e. The average Bonchev–Trinajstić information content (AvgIpc) is 2.75. The first-order valence-electron chi connectivity index (χ1n) is 4.91. The van der Waals surface area contributed by atoms with E-state index in [9.17, 15) is 5.11 Å². The highest BCUT2D eigenvalue weighted by atomic mass is 35.5. The van der Waals surface area contributed by atoms with Crippen LogP contribution in [0.5, 0.6) is 0 Å². The third kappa shape index (κ3) is 2.44. The fraction of sp³-hybridized carbons (Fsp3) is 0.167. The van der Waals surface area contributed by atoms with Crippen LogP contribution in [-0.4, -0.2) is 5.11 Å². The first-order valence-corrected chi connectivity index (χ1v) is 6.17. The van der Waals surface area contributed by atoms with E-state index in [2.05, 4.69) is 0 Å². The molecule has 2 nitrogen and oxygen atoms in total. The third-order valence-electron chi connectivity index (χ3n) is 2.40. The molecule has 2 atom stereocenters. The predicted octanol–water partition coefficient (Wildman–Crippen LogP) is 3.13. The smallest absolute Gasteiger partial charge is 0.107 e. The molecule has 3 N–H and O–H groups in total. The molecule has 0 saturated carbocycles. The van der Waals surface area contributed by atoms with Crippen molar-refractivity contribution in [3.63, 3.8) is 0 Å². The van der Waals surface area contributed by atoms with Gasteiger partial charge in [0.1, 0.15) is 6.10 Å². The van der Waals surface area contributed by atoms with E-state index < -0.39 is 12.1 Å². The van der Waals surface area contributed by atoms with Crippen LogP contribution in [-0.2, 0) is 0 Å². The minimum atomic E-state index is -0.708. The second kappa shape index (κ2) is 4.97. The van der Waals surface area contributed by atoms with Gasteiger partial charge in [-0.1, -0.05) is 41.9 Å². The molecule has 0 bridgehead atoms. The number of aliphatic hydroxyl groups is 1. The highest BCUT2D eigenvalue weighted by molar-refractivity contribution is 7.10. The molecule has 0 spiro atoms. The van der Waals surface area contributed by atoms with Crippen molar-refractivity contribution >= 4 is 22.9 Å². The van der Waals surface area contributed by atoms with E-state index in [1.807, 2.05) is 30.3 Å². The van der Waals surface area contributed by atoms with Crippen molar-refractivity contribution in [3.8, 4) is 0 Å². The molecule has 4 heteroatoms. The Morgan fingerprint density at radius 2 is 1.94 bits per heavy atom. The van der Waals surface area contributed by atoms with E-state index in [-0.39, 0.29) is 0 Å². The van der Waals surface area contributed by atoms with Crippen LogP contribution in [0.4, 0.5) is 0 Å². The summed E-state index contributed by atoms with van der Waals surface area (Å²) in [6, 6.07) is 10.9. The highest BCUT2D eigenvalue weighted by Gasteiger charge is 2.19. The maximum atomic E-state index is 10.1. The summed E-state index contributed by atoms with van der Waals surface area (Å²) in [4.78, 5) is 0.793. The van der Waals surface area contributed by atoms with E-state index in [0.29, 0.717) is 5.02 Å². The van der Waals surface area contributed by atoms with E-state index in [1.165, 1.54) is 11.3 Å². The van der Waals surface area contributed by atoms with Crippen LogP contribution in [0.3, 0.4) is 0 Å². The number of rotatable bonds is 3. The van der Waals surface area contributed by atoms with Gasteiger partial charge in [0.15, 0.2) is 0 Å². The lowest BCUT2D eigenvalue weighted by Gasteiger charge is -2.17. The molecule has 1 aromatic carbocycles. The monoisotopic (exact) mass is 253 g/mol.